The fraction of sp³-hybridized carbons (Fsp3) is 0.360. The van der Waals surface area contributed by atoms with E-state index in [1.165, 1.54) is 30.3 Å². The summed E-state index contributed by atoms with van der Waals surface area (Å²) in [5, 5.41) is -2.34. The van der Waals surface area contributed by atoms with Gasteiger partial charge < -0.3 is 14.4 Å². The summed E-state index contributed by atoms with van der Waals surface area (Å²) >= 11 is 5.88. The average Bonchev–Trinajstić information content (AvgIpc) is 3.02. The van der Waals surface area contributed by atoms with Gasteiger partial charge in [0.2, 0.25) is 5.95 Å². The molecule has 11 heteroatoms. The zero-order valence-electron chi connectivity index (χ0n) is 19.6. The van der Waals surface area contributed by atoms with Crippen molar-refractivity contribution in [1.82, 2.24) is 9.97 Å². The van der Waals surface area contributed by atoms with Crippen molar-refractivity contribution in [3.8, 4) is 22.6 Å². The highest BCUT2D eigenvalue weighted by Gasteiger charge is 2.51. The topological polar surface area (TPSA) is 81.6 Å². The number of rotatable bonds is 5. The zero-order chi connectivity index (χ0) is 25.7. The summed E-state index contributed by atoms with van der Waals surface area (Å²) in [6.07, 6.45) is 4.85. The van der Waals surface area contributed by atoms with E-state index in [2.05, 4.69) is 21.8 Å². The molecule has 190 valence electrons. The molecule has 1 fully saturated rings. The van der Waals surface area contributed by atoms with Crippen LogP contribution in [0.15, 0.2) is 53.7 Å². The molecule has 0 bridgehead atoms. The van der Waals surface area contributed by atoms with E-state index < -0.39 is 20.8 Å². The predicted octanol–water partition coefficient (Wildman–Crippen LogP) is 5.43. The van der Waals surface area contributed by atoms with E-state index in [9.17, 15) is 17.2 Å². The van der Waals surface area contributed by atoms with Gasteiger partial charge >= 0.3 is 5.19 Å². The maximum Gasteiger partial charge on any atom is 0.351 e. The Morgan fingerprint density at radius 2 is 1.89 bits per heavy atom. The summed E-state index contributed by atoms with van der Waals surface area (Å²) in [6.45, 7) is 4.07. The van der Waals surface area contributed by atoms with Crippen molar-refractivity contribution in [2.75, 3.05) is 18.1 Å². The number of nitrogens with zero attached hydrogens (tertiary/aromatic N) is 3. The van der Waals surface area contributed by atoms with Crippen LogP contribution in [0.2, 0.25) is 5.02 Å². The van der Waals surface area contributed by atoms with Crippen LogP contribution in [0.3, 0.4) is 0 Å². The molecule has 0 amide bonds. The number of benzene rings is 2. The van der Waals surface area contributed by atoms with Gasteiger partial charge in [-0.3, -0.25) is 0 Å². The number of anilines is 1. The van der Waals surface area contributed by atoms with Crippen LogP contribution in [0.25, 0.3) is 11.1 Å². The zero-order valence-corrected chi connectivity index (χ0v) is 21.2. The van der Waals surface area contributed by atoms with Crippen LogP contribution in [0.5, 0.6) is 11.5 Å². The molecule has 3 atom stereocenters. The molecule has 0 unspecified atom stereocenters. The number of hydrogen-bond donors (Lipinski definition) is 0. The molecule has 1 aromatic heterocycles. The minimum atomic E-state index is -4.24. The van der Waals surface area contributed by atoms with Crippen molar-refractivity contribution >= 4 is 27.4 Å². The minimum absolute atomic E-state index is 0.0947. The molecule has 2 aromatic carbocycles. The summed E-state index contributed by atoms with van der Waals surface area (Å²) in [5.41, 5.74) is 0.985. The maximum absolute atomic E-state index is 14.9. The molecule has 3 aromatic rings. The summed E-state index contributed by atoms with van der Waals surface area (Å²) < 4.78 is 64.3. The molecule has 0 radical (unpaired) electrons. The molecular formula is C25H24ClF2N3O4S. The number of fused-ring (bicyclic) bond motifs is 1. The first-order valence-electron chi connectivity index (χ1n) is 11.5. The van der Waals surface area contributed by atoms with E-state index in [1.807, 2.05) is 0 Å². The Balaban J connectivity index is 1.23. The lowest BCUT2D eigenvalue weighted by molar-refractivity contribution is 0.0464. The molecule has 7 nitrogen and oxygen atoms in total. The highest BCUT2D eigenvalue weighted by Crippen LogP contribution is 2.44. The van der Waals surface area contributed by atoms with E-state index in [0.717, 1.165) is 26.3 Å². The summed E-state index contributed by atoms with van der Waals surface area (Å²) in [6, 6.07) is 8.87. The van der Waals surface area contributed by atoms with Gasteiger partial charge in [0.05, 0.1) is 24.0 Å². The van der Waals surface area contributed by atoms with Gasteiger partial charge in [-0.05, 0) is 61.1 Å². The Labute approximate surface area is 213 Å². The average molecular weight is 536 g/mol. The van der Waals surface area contributed by atoms with Crippen LogP contribution in [0.1, 0.15) is 26.7 Å². The van der Waals surface area contributed by atoms with Crippen LogP contribution in [-0.4, -0.2) is 42.8 Å². The number of aromatic nitrogens is 2. The number of piperidine rings is 1. The number of alkyl halides is 1. The van der Waals surface area contributed by atoms with Gasteiger partial charge in [0.15, 0.2) is 11.6 Å². The normalized spacial score (nSPS) is 24.8. The molecule has 5 rings (SSSR count). The first-order chi connectivity index (χ1) is 17.0. The van der Waals surface area contributed by atoms with Gasteiger partial charge in [-0.2, -0.15) is 4.39 Å². The van der Waals surface area contributed by atoms with Crippen LogP contribution >= 0.6 is 11.6 Å². The molecule has 3 heterocycles. The largest absolute Gasteiger partial charge is 0.490 e. The highest BCUT2D eigenvalue weighted by atomic mass is 35.5. The Morgan fingerprint density at radius 3 is 2.58 bits per heavy atom. The van der Waals surface area contributed by atoms with Crippen LogP contribution in [-0.2, 0) is 9.84 Å². The van der Waals surface area contributed by atoms with E-state index >= 15 is 0 Å². The summed E-state index contributed by atoms with van der Waals surface area (Å²) in [4.78, 5) is 10.5. The third-order valence-corrected chi connectivity index (χ3v) is 8.75. The van der Waals surface area contributed by atoms with E-state index in [4.69, 9.17) is 21.1 Å². The molecule has 0 spiro atoms. The Hall–Kier alpha value is -2.98. The summed E-state index contributed by atoms with van der Waals surface area (Å²) in [7, 11) is -4.24. The molecule has 2 aliphatic heterocycles. The monoisotopic (exact) mass is 535 g/mol. The minimum Gasteiger partial charge on any atom is -0.490 e. The van der Waals surface area contributed by atoms with Crippen LogP contribution in [0.4, 0.5) is 14.7 Å². The lowest BCUT2D eigenvalue weighted by Gasteiger charge is -2.37. The van der Waals surface area contributed by atoms with E-state index in [-0.39, 0.29) is 28.4 Å². The number of ether oxygens (including phenoxy) is 2. The second-order valence-corrected chi connectivity index (χ2v) is 11.8. The third-order valence-electron chi connectivity index (χ3n) is 6.59. The molecular weight excluding hydrogens is 512 g/mol. The Morgan fingerprint density at radius 1 is 1.19 bits per heavy atom. The van der Waals surface area contributed by atoms with Crippen molar-refractivity contribution in [2.45, 2.75) is 42.8 Å². The third kappa shape index (κ3) is 4.48. The van der Waals surface area contributed by atoms with E-state index in [1.54, 1.807) is 18.5 Å². The number of hydrogen-bond acceptors (Lipinski definition) is 7. The van der Waals surface area contributed by atoms with Gasteiger partial charge in [-0.25, -0.2) is 22.8 Å². The summed E-state index contributed by atoms with van der Waals surface area (Å²) in [5.74, 6) is 0.373. The molecule has 36 heavy (non-hydrogen) atoms. The lowest BCUT2D eigenvalue weighted by atomic mass is 9.92. The quantitative estimate of drug-likeness (QED) is 0.431. The van der Waals surface area contributed by atoms with E-state index in [0.29, 0.717) is 28.7 Å². The molecule has 0 saturated carbocycles. The van der Waals surface area contributed by atoms with Crippen molar-refractivity contribution in [1.29, 1.82) is 0 Å². The first-order valence-corrected chi connectivity index (χ1v) is 13.3. The fourth-order valence-corrected chi connectivity index (χ4v) is 5.92. The number of sulfone groups is 1. The SMILES string of the molecule is C[C@H]1C[C@@H](COc2ccc(-c3ccc4c(c3)O[C@](C)(F)S4(=O)=O)cc2F)CCN1c1ncc(Cl)cn1. The van der Waals surface area contributed by atoms with Gasteiger partial charge in [0.1, 0.15) is 10.6 Å². The lowest BCUT2D eigenvalue weighted by Crippen LogP contribution is -2.43. The van der Waals surface area contributed by atoms with Gasteiger partial charge in [-0.1, -0.05) is 23.7 Å². The molecule has 0 N–H and O–H groups in total. The standard InChI is InChI=1S/C25H24ClF2N3O4S/c1-15-9-16(7-8-31(15)24-29-12-19(26)13-30-24)14-34-21-5-3-17(10-20(21)27)18-4-6-23-22(11-18)35-25(2,28)36(23,32)33/h3-6,10-13,15-16H,7-9,14H2,1-2H3/t15-,16-,25-/m0/s1. The molecule has 0 aliphatic carbocycles. The molecule has 2 aliphatic rings. The van der Waals surface area contributed by atoms with Gasteiger partial charge in [0.25, 0.3) is 9.84 Å². The Kier molecular flexibility index (Phi) is 6.28. The van der Waals surface area contributed by atoms with Crippen molar-refractivity contribution in [3.63, 3.8) is 0 Å². The van der Waals surface area contributed by atoms with Gasteiger partial charge in [0, 0.05) is 19.5 Å². The highest BCUT2D eigenvalue weighted by molar-refractivity contribution is 7.92. The number of halogens is 3. The van der Waals surface area contributed by atoms with Gasteiger partial charge in [-0.15, -0.1) is 0 Å². The molecule has 1 saturated heterocycles. The maximum atomic E-state index is 14.9. The second-order valence-electron chi connectivity index (χ2n) is 9.19. The predicted molar refractivity (Wildman–Crippen MR) is 131 cm³/mol. The van der Waals surface area contributed by atoms with Crippen molar-refractivity contribution in [3.05, 3.63) is 59.6 Å². The fourth-order valence-electron chi connectivity index (χ4n) is 4.61. The van der Waals surface area contributed by atoms with Crippen LogP contribution in [0, 0.1) is 11.7 Å². The smallest absolute Gasteiger partial charge is 0.351 e. The second kappa shape index (κ2) is 9.15. The van der Waals surface area contributed by atoms with Crippen molar-refractivity contribution in [2.24, 2.45) is 5.92 Å². The van der Waals surface area contributed by atoms with Crippen LogP contribution < -0.4 is 14.4 Å². The van der Waals surface area contributed by atoms with Crippen molar-refractivity contribution < 1.29 is 26.7 Å². The first kappa shape index (κ1) is 24.7. The Bertz CT molecular complexity index is 1400.